The lowest BCUT2D eigenvalue weighted by Crippen LogP contribution is -2.51. The number of rotatable bonds is 14. The number of ether oxygens (including phenoxy) is 2. The first-order valence-corrected chi connectivity index (χ1v) is 15.7. The van der Waals surface area contributed by atoms with E-state index in [2.05, 4.69) is 10.2 Å². The summed E-state index contributed by atoms with van der Waals surface area (Å²) in [5, 5.41) is 16.8. The Morgan fingerprint density at radius 1 is 1.15 bits per heavy atom. The molecular weight excluding hydrogens is 543 g/mol. The molecule has 3 atom stereocenters. The molecule has 0 saturated heterocycles. The quantitative estimate of drug-likeness (QED) is 0.129. The summed E-state index contributed by atoms with van der Waals surface area (Å²) in [6.45, 7) is 15.2. The summed E-state index contributed by atoms with van der Waals surface area (Å²) in [5.74, 6) is -0.110. The Hall–Kier alpha value is -2.97. The Balaban J connectivity index is 2.09. The number of fused-ring (bicyclic) bond motifs is 1. The second-order valence-corrected chi connectivity index (χ2v) is 13.2. The van der Waals surface area contributed by atoms with Crippen molar-refractivity contribution >= 4 is 36.2 Å². The van der Waals surface area contributed by atoms with Crippen molar-refractivity contribution in [1.29, 1.82) is 0 Å². The molecule has 0 radical (unpaired) electrons. The minimum Gasteiger partial charge on any atom is -0.508 e. The third-order valence-corrected chi connectivity index (χ3v) is 9.55. The largest absolute Gasteiger partial charge is 0.508 e. The first kappa shape index (κ1) is 32.5. The lowest BCUT2D eigenvalue weighted by Gasteiger charge is -2.31. The van der Waals surface area contributed by atoms with E-state index in [0.717, 1.165) is 33.2 Å². The van der Waals surface area contributed by atoms with Crippen molar-refractivity contribution in [3.8, 4) is 5.75 Å². The Kier molecular flexibility index (Phi) is 10.6. The van der Waals surface area contributed by atoms with Gasteiger partial charge in [-0.25, -0.2) is 10.2 Å². The molecule has 1 heterocycles. The number of phenolic OH excluding ortho intramolecular Hbond substituents is 1. The van der Waals surface area contributed by atoms with Gasteiger partial charge in [0.25, 0.3) is 7.44 Å². The molecule has 0 bridgehead atoms. The van der Waals surface area contributed by atoms with Crippen molar-refractivity contribution in [2.45, 2.75) is 79.3 Å². The molecule has 0 amide bonds. The van der Waals surface area contributed by atoms with Gasteiger partial charge in [-0.15, -0.1) is 0 Å². The number of aromatic hydroxyl groups is 1. The highest BCUT2D eigenvalue weighted by Gasteiger charge is 2.40. The standard InChI is InChI=1S/C31H43N2O7P/c1-9-38-18-31(8,17-34)33-41(37,32-22(7)30(36)39-10-2)29-16-26-21(6)25(20(5)13-28(26)40-29)15-23-11-12-27(35)24(14-23)19(3)4/h11-14,16-17,19,22,35H,9-10,15,18H2,1-8H3,(H2,32,33,37)/t22-,31+,41?/m0/s1. The number of hydrogen-bond donors (Lipinski definition) is 3. The van der Waals surface area contributed by atoms with Gasteiger partial charge >= 0.3 is 5.97 Å². The number of hydrogen-bond acceptors (Lipinski definition) is 7. The van der Waals surface area contributed by atoms with Crippen LogP contribution in [0.5, 0.6) is 5.75 Å². The molecule has 3 rings (SSSR count). The van der Waals surface area contributed by atoms with Crippen LogP contribution in [0, 0.1) is 13.8 Å². The van der Waals surface area contributed by atoms with Gasteiger partial charge in [0.2, 0.25) is 0 Å². The zero-order valence-corrected chi connectivity index (χ0v) is 26.2. The molecule has 0 spiro atoms. The number of nitrogens with one attached hydrogen (secondary N) is 2. The number of phenols is 1. The monoisotopic (exact) mass is 586 g/mol. The van der Waals surface area contributed by atoms with Crippen LogP contribution in [0.4, 0.5) is 0 Å². The zero-order chi connectivity index (χ0) is 30.5. The lowest BCUT2D eigenvalue weighted by atomic mass is 9.91. The number of esters is 1. The van der Waals surface area contributed by atoms with Crippen LogP contribution in [0.1, 0.15) is 75.3 Å². The highest BCUT2D eigenvalue weighted by atomic mass is 31.2. The normalized spacial score (nSPS) is 15.4. The highest BCUT2D eigenvalue weighted by Crippen LogP contribution is 2.41. The van der Waals surface area contributed by atoms with Crippen LogP contribution in [0.25, 0.3) is 11.0 Å². The van der Waals surface area contributed by atoms with Gasteiger partial charge in [-0.3, -0.25) is 9.36 Å². The third kappa shape index (κ3) is 7.46. The third-order valence-electron chi connectivity index (χ3n) is 7.13. The maximum absolute atomic E-state index is 14.6. The molecule has 1 unspecified atom stereocenters. The Bertz CT molecular complexity index is 1450. The molecule has 0 aliphatic rings. The summed E-state index contributed by atoms with van der Waals surface area (Å²) in [6.07, 6.45) is 1.28. The fraction of sp³-hybridized carbons (Fsp3) is 0.484. The number of carbonyl (C=O) groups is 2. The van der Waals surface area contributed by atoms with Crippen molar-refractivity contribution in [2.24, 2.45) is 0 Å². The van der Waals surface area contributed by atoms with Crippen LogP contribution < -0.4 is 15.7 Å². The van der Waals surface area contributed by atoms with E-state index in [1.807, 2.05) is 45.9 Å². The average molecular weight is 587 g/mol. The van der Waals surface area contributed by atoms with Crippen LogP contribution in [0.3, 0.4) is 0 Å². The Morgan fingerprint density at radius 2 is 1.85 bits per heavy atom. The number of aryl methyl sites for hydroxylation is 2. The average Bonchev–Trinajstić information content (AvgIpc) is 3.35. The van der Waals surface area contributed by atoms with Crippen molar-refractivity contribution in [3.05, 3.63) is 58.1 Å². The van der Waals surface area contributed by atoms with E-state index >= 15 is 0 Å². The van der Waals surface area contributed by atoms with E-state index in [-0.39, 0.29) is 30.4 Å². The molecule has 3 N–H and O–H groups in total. The van der Waals surface area contributed by atoms with E-state index < -0.39 is 25.0 Å². The molecule has 224 valence electrons. The smallest absolute Gasteiger partial charge is 0.323 e. The predicted octanol–water partition coefficient (Wildman–Crippen LogP) is 5.41. The number of furan rings is 1. The molecule has 1 aromatic heterocycles. The maximum Gasteiger partial charge on any atom is 0.323 e. The van der Waals surface area contributed by atoms with E-state index in [1.165, 1.54) is 0 Å². The highest BCUT2D eigenvalue weighted by molar-refractivity contribution is 7.67. The van der Waals surface area contributed by atoms with Gasteiger partial charge in [0.15, 0.2) is 5.50 Å². The second-order valence-electron chi connectivity index (χ2n) is 11.0. The number of aldehydes is 1. The molecule has 41 heavy (non-hydrogen) atoms. The summed E-state index contributed by atoms with van der Waals surface area (Å²) in [4.78, 5) is 24.6. The van der Waals surface area contributed by atoms with Crippen LogP contribution in [-0.2, 0) is 30.0 Å². The SMILES string of the molecule is CCOC[C@@](C)(C=O)NP(=O)(N[C@@H](C)C(=O)OCC)c1cc2c(C)c(Cc3ccc(O)c(C(C)C)c3)c(C)cc2o1. The minimum absolute atomic E-state index is 0.0278. The summed E-state index contributed by atoms with van der Waals surface area (Å²) >= 11 is 0. The van der Waals surface area contributed by atoms with Crippen LogP contribution in [-0.4, -0.2) is 48.8 Å². The molecule has 3 aromatic rings. The molecular formula is C31H43N2O7P. The number of carbonyl (C=O) groups excluding carboxylic acids is 2. The van der Waals surface area contributed by atoms with E-state index in [4.69, 9.17) is 13.9 Å². The van der Waals surface area contributed by atoms with Gasteiger partial charge < -0.3 is 23.8 Å². The molecule has 0 aliphatic heterocycles. The molecule has 0 saturated carbocycles. The van der Waals surface area contributed by atoms with E-state index in [1.54, 1.807) is 39.8 Å². The van der Waals surface area contributed by atoms with E-state index in [9.17, 15) is 19.3 Å². The van der Waals surface area contributed by atoms with Crippen molar-refractivity contribution in [1.82, 2.24) is 10.2 Å². The van der Waals surface area contributed by atoms with Crippen LogP contribution in [0.15, 0.2) is 34.7 Å². The summed E-state index contributed by atoms with van der Waals surface area (Å²) in [5.41, 5.74) is 4.31. The van der Waals surface area contributed by atoms with Crippen LogP contribution in [0.2, 0.25) is 0 Å². The Labute approximate surface area is 242 Å². The van der Waals surface area contributed by atoms with Gasteiger partial charge in [-0.05, 0) is 99.9 Å². The number of benzene rings is 2. The van der Waals surface area contributed by atoms with Crippen molar-refractivity contribution < 1.29 is 33.2 Å². The zero-order valence-electron chi connectivity index (χ0n) is 25.3. The fourth-order valence-electron chi connectivity index (χ4n) is 4.85. The lowest BCUT2D eigenvalue weighted by molar-refractivity contribution is -0.144. The molecule has 9 nitrogen and oxygen atoms in total. The van der Waals surface area contributed by atoms with E-state index in [0.29, 0.717) is 24.9 Å². The van der Waals surface area contributed by atoms with Gasteiger partial charge in [-0.1, -0.05) is 26.0 Å². The van der Waals surface area contributed by atoms with Crippen LogP contribution >= 0.6 is 7.44 Å². The van der Waals surface area contributed by atoms with Crippen molar-refractivity contribution in [2.75, 3.05) is 19.8 Å². The fourth-order valence-corrected chi connectivity index (χ4v) is 7.18. The molecule has 0 aliphatic carbocycles. The molecule has 10 heteroatoms. The van der Waals surface area contributed by atoms with Gasteiger partial charge in [0, 0.05) is 12.0 Å². The minimum atomic E-state index is -3.90. The second kappa shape index (κ2) is 13.3. The maximum atomic E-state index is 14.6. The predicted molar refractivity (Wildman–Crippen MR) is 161 cm³/mol. The van der Waals surface area contributed by atoms with Gasteiger partial charge in [-0.2, -0.15) is 0 Å². The van der Waals surface area contributed by atoms with Crippen molar-refractivity contribution in [3.63, 3.8) is 0 Å². The van der Waals surface area contributed by atoms with Gasteiger partial charge in [0.1, 0.15) is 29.2 Å². The van der Waals surface area contributed by atoms with Gasteiger partial charge in [0.05, 0.1) is 13.2 Å². The summed E-state index contributed by atoms with van der Waals surface area (Å²) in [7, 11) is -3.90. The molecule has 2 aromatic carbocycles. The first-order valence-electron chi connectivity index (χ1n) is 14.0. The topological polar surface area (TPSA) is 127 Å². The summed E-state index contributed by atoms with van der Waals surface area (Å²) < 4.78 is 31.3. The first-order chi connectivity index (χ1) is 19.3. The summed E-state index contributed by atoms with van der Waals surface area (Å²) in [6, 6.07) is 8.34. The Morgan fingerprint density at radius 3 is 2.46 bits per heavy atom. The molecule has 0 fully saturated rings.